The SMILES string of the molecule is Cc1nc(C)c(C(C)NC(=O)c2cccc(N)c2Br)s1. The number of nitrogens with two attached hydrogens (primary N) is 1. The van der Waals surface area contributed by atoms with E-state index in [4.69, 9.17) is 5.73 Å². The largest absolute Gasteiger partial charge is 0.398 e. The molecule has 2 aromatic rings. The highest BCUT2D eigenvalue weighted by molar-refractivity contribution is 9.10. The summed E-state index contributed by atoms with van der Waals surface area (Å²) in [6.45, 7) is 5.88. The van der Waals surface area contributed by atoms with Crippen molar-refractivity contribution in [3.8, 4) is 0 Å². The van der Waals surface area contributed by atoms with Gasteiger partial charge in [0.15, 0.2) is 0 Å². The minimum atomic E-state index is -0.151. The molecule has 1 atom stereocenters. The number of halogens is 1. The number of carbonyl (C=O) groups is 1. The van der Waals surface area contributed by atoms with E-state index in [2.05, 4.69) is 26.2 Å². The molecule has 1 amide bonds. The van der Waals surface area contributed by atoms with Crippen LogP contribution in [0.25, 0.3) is 0 Å². The summed E-state index contributed by atoms with van der Waals surface area (Å²) in [4.78, 5) is 17.8. The zero-order valence-corrected chi connectivity index (χ0v) is 13.9. The predicted octanol–water partition coefficient (Wildman–Crippen LogP) is 3.60. The van der Waals surface area contributed by atoms with Gasteiger partial charge in [-0.3, -0.25) is 4.79 Å². The Morgan fingerprint density at radius 2 is 2.15 bits per heavy atom. The van der Waals surface area contributed by atoms with E-state index in [-0.39, 0.29) is 11.9 Å². The molecule has 0 spiro atoms. The summed E-state index contributed by atoms with van der Waals surface area (Å²) in [6, 6.07) is 5.18. The van der Waals surface area contributed by atoms with Crippen molar-refractivity contribution in [3.05, 3.63) is 43.8 Å². The molecule has 0 saturated carbocycles. The third kappa shape index (κ3) is 3.02. The van der Waals surface area contributed by atoms with E-state index >= 15 is 0 Å². The van der Waals surface area contributed by atoms with Crippen LogP contribution >= 0.6 is 27.3 Å². The summed E-state index contributed by atoms with van der Waals surface area (Å²) in [6.07, 6.45) is 0. The van der Waals surface area contributed by atoms with Crippen molar-refractivity contribution in [1.29, 1.82) is 0 Å². The first-order chi connectivity index (χ1) is 9.40. The minimum absolute atomic E-state index is 0.0815. The van der Waals surface area contributed by atoms with Gasteiger partial charge < -0.3 is 11.1 Å². The van der Waals surface area contributed by atoms with Crippen LogP contribution < -0.4 is 11.1 Å². The number of hydrogen-bond acceptors (Lipinski definition) is 4. The van der Waals surface area contributed by atoms with Gasteiger partial charge in [0.05, 0.1) is 26.8 Å². The van der Waals surface area contributed by atoms with Crippen LogP contribution in [0.5, 0.6) is 0 Å². The van der Waals surface area contributed by atoms with Gasteiger partial charge in [-0.05, 0) is 48.8 Å². The van der Waals surface area contributed by atoms with Gasteiger partial charge in [-0.25, -0.2) is 4.98 Å². The second-order valence-electron chi connectivity index (χ2n) is 4.59. The molecule has 0 aliphatic heterocycles. The van der Waals surface area contributed by atoms with Crippen molar-refractivity contribution < 1.29 is 4.79 Å². The van der Waals surface area contributed by atoms with E-state index in [0.29, 0.717) is 15.7 Å². The fourth-order valence-electron chi connectivity index (χ4n) is 2.01. The van der Waals surface area contributed by atoms with Crippen LogP contribution in [0.2, 0.25) is 0 Å². The number of aryl methyl sites for hydroxylation is 2. The number of amides is 1. The predicted molar refractivity (Wildman–Crippen MR) is 86.0 cm³/mol. The van der Waals surface area contributed by atoms with Gasteiger partial charge >= 0.3 is 0 Å². The maximum absolute atomic E-state index is 12.3. The zero-order chi connectivity index (χ0) is 14.9. The quantitative estimate of drug-likeness (QED) is 0.828. The second-order valence-corrected chi connectivity index (χ2v) is 6.61. The molecule has 2 rings (SSSR count). The van der Waals surface area contributed by atoms with E-state index in [1.807, 2.05) is 20.8 Å². The molecule has 106 valence electrons. The van der Waals surface area contributed by atoms with Crippen LogP contribution in [-0.4, -0.2) is 10.9 Å². The average Bonchev–Trinajstić information content (AvgIpc) is 2.71. The number of aromatic nitrogens is 1. The molecule has 0 bridgehead atoms. The molecule has 3 N–H and O–H groups in total. The summed E-state index contributed by atoms with van der Waals surface area (Å²) in [5, 5.41) is 3.98. The number of benzene rings is 1. The molecule has 20 heavy (non-hydrogen) atoms. The zero-order valence-electron chi connectivity index (χ0n) is 11.5. The Balaban J connectivity index is 2.19. The third-order valence-corrected chi connectivity index (χ3v) is 5.09. The Kier molecular flexibility index (Phi) is 4.45. The van der Waals surface area contributed by atoms with Crippen LogP contribution in [0, 0.1) is 13.8 Å². The molecular formula is C14H16BrN3OS. The molecule has 6 heteroatoms. The van der Waals surface area contributed by atoms with Crippen molar-refractivity contribution in [2.45, 2.75) is 26.8 Å². The maximum atomic E-state index is 12.3. The molecular weight excluding hydrogens is 338 g/mol. The lowest BCUT2D eigenvalue weighted by atomic mass is 10.1. The minimum Gasteiger partial charge on any atom is -0.398 e. The van der Waals surface area contributed by atoms with Crippen LogP contribution in [0.15, 0.2) is 22.7 Å². The number of thiazole rings is 1. The smallest absolute Gasteiger partial charge is 0.253 e. The van der Waals surface area contributed by atoms with E-state index < -0.39 is 0 Å². The van der Waals surface area contributed by atoms with Crippen molar-refractivity contribution in [1.82, 2.24) is 10.3 Å². The van der Waals surface area contributed by atoms with E-state index in [9.17, 15) is 4.79 Å². The Labute approximate surface area is 130 Å². The molecule has 0 aliphatic rings. The van der Waals surface area contributed by atoms with E-state index in [0.717, 1.165) is 15.6 Å². The van der Waals surface area contributed by atoms with Crippen LogP contribution in [0.4, 0.5) is 5.69 Å². The van der Waals surface area contributed by atoms with Gasteiger partial charge in [-0.2, -0.15) is 0 Å². The third-order valence-electron chi connectivity index (χ3n) is 2.95. The standard InChI is InChI=1S/C14H16BrN3OS/c1-7-13(20-9(3)17-7)8(2)18-14(19)10-5-4-6-11(16)12(10)15/h4-6,8H,16H2,1-3H3,(H,18,19). The fourth-order valence-corrected chi connectivity index (χ4v) is 3.39. The second kappa shape index (κ2) is 5.93. The highest BCUT2D eigenvalue weighted by Gasteiger charge is 2.18. The average molecular weight is 354 g/mol. The number of carbonyl (C=O) groups excluding carboxylic acids is 1. The Bertz CT molecular complexity index is 654. The molecule has 1 unspecified atom stereocenters. The normalized spacial score (nSPS) is 12.2. The van der Waals surface area contributed by atoms with Gasteiger partial charge in [-0.1, -0.05) is 6.07 Å². The lowest BCUT2D eigenvalue weighted by Gasteiger charge is -2.14. The molecule has 0 saturated heterocycles. The van der Waals surface area contributed by atoms with Crippen LogP contribution in [-0.2, 0) is 0 Å². The van der Waals surface area contributed by atoms with Crippen molar-refractivity contribution in [2.24, 2.45) is 0 Å². The monoisotopic (exact) mass is 353 g/mol. The number of nitrogens with zero attached hydrogens (tertiary/aromatic N) is 1. The Morgan fingerprint density at radius 3 is 2.75 bits per heavy atom. The van der Waals surface area contributed by atoms with Crippen molar-refractivity contribution >= 4 is 38.9 Å². The Hall–Kier alpha value is -1.40. The number of hydrogen-bond donors (Lipinski definition) is 2. The number of nitrogen functional groups attached to an aromatic ring is 1. The molecule has 4 nitrogen and oxygen atoms in total. The topological polar surface area (TPSA) is 68.0 Å². The molecule has 1 aromatic heterocycles. The van der Waals surface area contributed by atoms with Gasteiger partial charge in [0.25, 0.3) is 5.91 Å². The number of nitrogens with one attached hydrogen (secondary N) is 1. The fraction of sp³-hybridized carbons (Fsp3) is 0.286. The molecule has 0 aliphatic carbocycles. The summed E-state index contributed by atoms with van der Waals surface area (Å²) in [5.74, 6) is -0.151. The van der Waals surface area contributed by atoms with Gasteiger partial charge in [-0.15, -0.1) is 11.3 Å². The molecule has 0 radical (unpaired) electrons. The first-order valence-corrected chi connectivity index (χ1v) is 7.80. The Morgan fingerprint density at radius 1 is 1.45 bits per heavy atom. The summed E-state index contributed by atoms with van der Waals surface area (Å²) in [7, 11) is 0. The van der Waals surface area contributed by atoms with Crippen LogP contribution in [0.3, 0.4) is 0 Å². The summed E-state index contributed by atoms with van der Waals surface area (Å²) < 4.78 is 0.627. The molecule has 0 fully saturated rings. The van der Waals surface area contributed by atoms with Crippen LogP contribution in [0.1, 0.15) is 38.9 Å². The highest BCUT2D eigenvalue weighted by Crippen LogP contribution is 2.27. The van der Waals surface area contributed by atoms with Crippen molar-refractivity contribution in [3.63, 3.8) is 0 Å². The first kappa shape index (κ1) is 15.0. The summed E-state index contributed by atoms with van der Waals surface area (Å²) in [5.41, 5.74) is 7.85. The van der Waals surface area contributed by atoms with E-state index in [1.54, 1.807) is 29.5 Å². The van der Waals surface area contributed by atoms with E-state index in [1.165, 1.54) is 0 Å². The lowest BCUT2D eigenvalue weighted by Crippen LogP contribution is -2.27. The summed E-state index contributed by atoms with van der Waals surface area (Å²) >= 11 is 4.95. The number of rotatable bonds is 3. The highest BCUT2D eigenvalue weighted by atomic mass is 79.9. The lowest BCUT2D eigenvalue weighted by molar-refractivity contribution is 0.0939. The maximum Gasteiger partial charge on any atom is 0.253 e. The van der Waals surface area contributed by atoms with Gasteiger partial charge in [0.2, 0.25) is 0 Å². The van der Waals surface area contributed by atoms with Gasteiger partial charge in [0.1, 0.15) is 0 Å². The molecule has 1 heterocycles. The van der Waals surface area contributed by atoms with Gasteiger partial charge in [0, 0.05) is 10.6 Å². The van der Waals surface area contributed by atoms with Crippen molar-refractivity contribution in [2.75, 3.05) is 5.73 Å². The first-order valence-electron chi connectivity index (χ1n) is 6.19. The molecule has 1 aromatic carbocycles. The number of anilines is 1.